The fourth-order valence-electron chi connectivity index (χ4n) is 2.82. The second kappa shape index (κ2) is 5.69. The van der Waals surface area contributed by atoms with Gasteiger partial charge >= 0.3 is 6.09 Å². The van der Waals surface area contributed by atoms with Gasteiger partial charge in [-0.1, -0.05) is 6.42 Å². The van der Waals surface area contributed by atoms with Crippen molar-refractivity contribution < 1.29 is 14.6 Å². The largest absolute Gasteiger partial charge is 0.447 e. The van der Waals surface area contributed by atoms with Crippen molar-refractivity contribution >= 4 is 6.09 Å². The quantitative estimate of drug-likeness (QED) is 0.773. The number of aliphatic hydroxyl groups is 1. The van der Waals surface area contributed by atoms with Gasteiger partial charge in [0, 0.05) is 25.2 Å². The lowest BCUT2D eigenvalue weighted by molar-refractivity contribution is 0.00580. The lowest BCUT2D eigenvalue weighted by Crippen LogP contribution is -2.60. The third kappa shape index (κ3) is 2.90. The van der Waals surface area contributed by atoms with E-state index in [1.165, 1.54) is 19.3 Å². The number of aliphatic hydroxyl groups excluding tert-OH is 1. The fourth-order valence-corrected chi connectivity index (χ4v) is 2.82. The number of carbonyl (C=O) groups excluding carboxylic acids is 1. The molecule has 0 spiro atoms. The van der Waals surface area contributed by atoms with Crippen LogP contribution in [0.15, 0.2) is 0 Å². The molecule has 5 nitrogen and oxygen atoms in total. The van der Waals surface area contributed by atoms with E-state index in [-0.39, 0.29) is 25.3 Å². The molecule has 2 fully saturated rings. The third-order valence-corrected chi connectivity index (χ3v) is 3.74. The predicted molar refractivity (Wildman–Crippen MR) is 63.8 cm³/mol. The summed E-state index contributed by atoms with van der Waals surface area (Å²) in [5.74, 6) is 0. The third-order valence-electron chi connectivity index (χ3n) is 3.74. The molecule has 2 atom stereocenters. The first-order valence-corrected chi connectivity index (χ1v) is 6.50. The maximum Gasteiger partial charge on any atom is 0.410 e. The number of rotatable bonds is 2. The molecule has 2 saturated heterocycles. The first kappa shape index (κ1) is 12.6. The van der Waals surface area contributed by atoms with Gasteiger partial charge in [-0.05, 0) is 26.3 Å². The van der Waals surface area contributed by atoms with Gasteiger partial charge in [-0.3, -0.25) is 4.90 Å². The van der Waals surface area contributed by atoms with Crippen LogP contribution in [-0.4, -0.2) is 65.9 Å². The minimum atomic E-state index is -0.281. The van der Waals surface area contributed by atoms with E-state index in [9.17, 15) is 4.79 Å². The Hall–Kier alpha value is -0.810. The van der Waals surface area contributed by atoms with Gasteiger partial charge in [0.25, 0.3) is 0 Å². The van der Waals surface area contributed by atoms with Gasteiger partial charge in [0.05, 0.1) is 6.61 Å². The Morgan fingerprint density at radius 1 is 1.41 bits per heavy atom. The number of ether oxygens (including phenoxy) is 1. The van der Waals surface area contributed by atoms with Gasteiger partial charge in [0.1, 0.15) is 6.61 Å². The zero-order valence-corrected chi connectivity index (χ0v) is 10.5. The van der Waals surface area contributed by atoms with Gasteiger partial charge in [0.2, 0.25) is 0 Å². The maximum absolute atomic E-state index is 11.8. The lowest BCUT2D eigenvalue weighted by atomic mass is 9.97. The summed E-state index contributed by atoms with van der Waals surface area (Å²) in [5, 5.41) is 8.66. The van der Waals surface area contributed by atoms with Crippen molar-refractivity contribution in [2.45, 2.75) is 38.3 Å². The Labute approximate surface area is 102 Å². The first-order valence-electron chi connectivity index (χ1n) is 6.50. The van der Waals surface area contributed by atoms with Crippen LogP contribution in [0, 0.1) is 0 Å². The molecule has 17 heavy (non-hydrogen) atoms. The Morgan fingerprint density at radius 3 is 3.00 bits per heavy atom. The minimum absolute atomic E-state index is 0.0937. The highest BCUT2D eigenvalue weighted by Crippen LogP contribution is 2.24. The molecule has 2 aliphatic heterocycles. The van der Waals surface area contributed by atoms with Crippen LogP contribution in [0.4, 0.5) is 4.79 Å². The van der Waals surface area contributed by atoms with E-state index in [1.807, 2.05) is 4.90 Å². The van der Waals surface area contributed by atoms with Crippen molar-refractivity contribution in [3.05, 3.63) is 0 Å². The zero-order valence-electron chi connectivity index (χ0n) is 10.5. The molecule has 0 bridgehead atoms. The van der Waals surface area contributed by atoms with Crippen molar-refractivity contribution in [2.75, 3.05) is 32.8 Å². The minimum Gasteiger partial charge on any atom is -0.447 e. The van der Waals surface area contributed by atoms with Crippen LogP contribution in [-0.2, 0) is 4.74 Å². The van der Waals surface area contributed by atoms with Crippen molar-refractivity contribution in [3.63, 3.8) is 0 Å². The van der Waals surface area contributed by atoms with Crippen molar-refractivity contribution in [3.8, 4) is 0 Å². The fraction of sp³-hybridized carbons (Fsp3) is 0.917. The molecule has 0 aromatic carbocycles. The molecule has 0 radical (unpaired) electrons. The molecule has 0 aromatic rings. The Balaban J connectivity index is 1.92. The first-order chi connectivity index (χ1) is 8.22. The van der Waals surface area contributed by atoms with Crippen LogP contribution < -0.4 is 0 Å². The predicted octanol–water partition coefficient (Wildman–Crippen LogP) is 0.674. The second-order valence-electron chi connectivity index (χ2n) is 4.98. The van der Waals surface area contributed by atoms with Crippen LogP contribution in [0.3, 0.4) is 0 Å². The zero-order chi connectivity index (χ0) is 12.3. The lowest BCUT2D eigenvalue weighted by Gasteiger charge is -2.46. The molecular formula is C12H22N2O3. The average Bonchev–Trinajstić information content (AvgIpc) is 2.35. The highest BCUT2D eigenvalue weighted by Gasteiger charge is 2.35. The second-order valence-corrected chi connectivity index (χ2v) is 4.98. The molecular weight excluding hydrogens is 220 g/mol. The molecule has 1 amide bonds. The summed E-state index contributed by atoms with van der Waals surface area (Å²) in [7, 11) is 0. The summed E-state index contributed by atoms with van der Waals surface area (Å²) < 4.78 is 5.00. The molecule has 2 rings (SSSR count). The summed E-state index contributed by atoms with van der Waals surface area (Å²) in [4.78, 5) is 16.1. The summed E-state index contributed by atoms with van der Waals surface area (Å²) in [6, 6.07) is 0.706. The molecule has 0 aromatic heterocycles. The number of hydrogen-bond donors (Lipinski definition) is 1. The van der Waals surface area contributed by atoms with Gasteiger partial charge in [-0.25, -0.2) is 4.79 Å². The van der Waals surface area contributed by atoms with E-state index in [1.54, 1.807) is 0 Å². The maximum atomic E-state index is 11.8. The van der Waals surface area contributed by atoms with Crippen molar-refractivity contribution in [1.29, 1.82) is 0 Å². The van der Waals surface area contributed by atoms with Gasteiger partial charge in [-0.15, -0.1) is 0 Å². The van der Waals surface area contributed by atoms with Crippen LogP contribution in [0.2, 0.25) is 0 Å². The Kier molecular flexibility index (Phi) is 4.23. The van der Waals surface area contributed by atoms with Gasteiger partial charge in [0.15, 0.2) is 0 Å². The standard InChI is InChI=1S/C12H22N2O3/c1-10-8-13-5-3-2-4-11(13)9-14(10)12(16)17-7-6-15/h10-11,15H,2-9H2,1H3. The molecule has 5 heteroatoms. The van der Waals surface area contributed by atoms with Crippen LogP contribution in [0.25, 0.3) is 0 Å². The SMILES string of the molecule is CC1CN2CCCCC2CN1C(=O)OCCO. The Bertz CT molecular complexity index is 272. The molecule has 2 unspecified atom stereocenters. The highest BCUT2D eigenvalue weighted by atomic mass is 16.6. The normalized spacial score (nSPS) is 29.9. The summed E-state index contributed by atoms with van der Waals surface area (Å²) >= 11 is 0. The van der Waals surface area contributed by atoms with E-state index < -0.39 is 0 Å². The number of nitrogens with zero attached hydrogens (tertiary/aromatic N) is 2. The summed E-state index contributed by atoms with van der Waals surface area (Å²) in [5.41, 5.74) is 0. The molecule has 98 valence electrons. The number of piperazine rings is 1. The van der Waals surface area contributed by atoms with E-state index in [0.29, 0.717) is 6.04 Å². The molecule has 2 aliphatic rings. The number of hydrogen-bond acceptors (Lipinski definition) is 4. The van der Waals surface area contributed by atoms with Crippen LogP contribution >= 0.6 is 0 Å². The van der Waals surface area contributed by atoms with Crippen LogP contribution in [0.5, 0.6) is 0 Å². The van der Waals surface area contributed by atoms with E-state index in [4.69, 9.17) is 9.84 Å². The number of piperidine rings is 1. The summed E-state index contributed by atoms with van der Waals surface area (Å²) in [6.45, 7) is 4.92. The van der Waals surface area contributed by atoms with Gasteiger partial charge in [-0.2, -0.15) is 0 Å². The summed E-state index contributed by atoms with van der Waals surface area (Å²) in [6.07, 6.45) is 3.43. The number of carbonyl (C=O) groups is 1. The smallest absolute Gasteiger partial charge is 0.410 e. The molecule has 1 N–H and O–H groups in total. The van der Waals surface area contributed by atoms with Crippen molar-refractivity contribution in [2.24, 2.45) is 0 Å². The molecule has 0 aliphatic carbocycles. The molecule has 0 saturated carbocycles. The monoisotopic (exact) mass is 242 g/mol. The van der Waals surface area contributed by atoms with Crippen molar-refractivity contribution in [1.82, 2.24) is 9.80 Å². The average molecular weight is 242 g/mol. The highest BCUT2D eigenvalue weighted by molar-refractivity contribution is 5.68. The van der Waals surface area contributed by atoms with E-state index in [0.717, 1.165) is 19.6 Å². The number of amides is 1. The topological polar surface area (TPSA) is 53.0 Å². The Morgan fingerprint density at radius 2 is 2.24 bits per heavy atom. The van der Waals surface area contributed by atoms with Gasteiger partial charge < -0.3 is 14.7 Å². The van der Waals surface area contributed by atoms with E-state index >= 15 is 0 Å². The molecule has 2 heterocycles. The van der Waals surface area contributed by atoms with Crippen LogP contribution in [0.1, 0.15) is 26.2 Å². The number of fused-ring (bicyclic) bond motifs is 1. The van der Waals surface area contributed by atoms with E-state index in [2.05, 4.69) is 11.8 Å².